The molecule has 4 nitrogen and oxygen atoms in total. The number of thiazole rings is 1. The summed E-state index contributed by atoms with van der Waals surface area (Å²) in [5.41, 5.74) is 0.832. The minimum absolute atomic E-state index is 0.102. The minimum atomic E-state index is -1.03. The Bertz CT molecular complexity index is 598. The van der Waals surface area contributed by atoms with Crippen molar-refractivity contribution in [1.82, 2.24) is 4.98 Å². The fraction of sp³-hybridized carbons (Fsp3) is 0.231. The Morgan fingerprint density at radius 2 is 2.32 bits per heavy atom. The van der Waals surface area contributed by atoms with Crippen molar-refractivity contribution in [3.8, 4) is 0 Å². The molecule has 0 bridgehead atoms. The van der Waals surface area contributed by atoms with E-state index in [0.29, 0.717) is 6.54 Å². The Labute approximate surface area is 120 Å². The number of hydrogen-bond donors (Lipinski definition) is 2. The van der Waals surface area contributed by atoms with Crippen molar-refractivity contribution in [1.29, 1.82) is 0 Å². The van der Waals surface area contributed by atoms with Crippen LogP contribution in [0.15, 0.2) is 24.4 Å². The van der Waals surface area contributed by atoms with E-state index in [2.05, 4.69) is 17.2 Å². The van der Waals surface area contributed by atoms with E-state index in [1.165, 1.54) is 6.07 Å². The molecule has 0 unspecified atom stereocenters. The average Bonchev–Trinajstić information content (AvgIpc) is 2.85. The van der Waals surface area contributed by atoms with E-state index in [9.17, 15) is 4.79 Å². The molecule has 0 aliphatic rings. The normalized spacial score (nSPS) is 10.4. The van der Waals surface area contributed by atoms with Gasteiger partial charge in [0.25, 0.3) is 0 Å². The standard InChI is InChI=1S/C13H13ClN2O2S/c1-2-12-16-7-9(19-12)6-15-8-3-4-11(14)10(5-8)13(17)18/h3-5,7,15H,2,6H2,1H3,(H,17,18). The molecule has 0 radical (unpaired) electrons. The van der Waals surface area contributed by atoms with Gasteiger partial charge in [-0.1, -0.05) is 18.5 Å². The summed E-state index contributed by atoms with van der Waals surface area (Å²) in [6.45, 7) is 2.69. The first kappa shape index (κ1) is 13.8. The van der Waals surface area contributed by atoms with E-state index in [1.54, 1.807) is 23.5 Å². The number of carbonyl (C=O) groups is 1. The SMILES string of the molecule is CCc1ncc(CNc2ccc(Cl)c(C(=O)O)c2)s1. The molecule has 0 fully saturated rings. The number of aromatic carboxylic acids is 1. The summed E-state index contributed by atoms with van der Waals surface area (Å²) in [7, 11) is 0. The van der Waals surface area contributed by atoms with E-state index in [4.69, 9.17) is 16.7 Å². The zero-order chi connectivity index (χ0) is 13.8. The number of anilines is 1. The maximum Gasteiger partial charge on any atom is 0.337 e. The van der Waals surface area contributed by atoms with Gasteiger partial charge in [-0.2, -0.15) is 0 Å². The van der Waals surface area contributed by atoms with Crippen molar-refractivity contribution in [3.05, 3.63) is 44.9 Å². The molecule has 0 aliphatic heterocycles. The molecule has 0 amide bonds. The Morgan fingerprint density at radius 3 is 2.95 bits per heavy atom. The van der Waals surface area contributed by atoms with Crippen LogP contribution in [0.5, 0.6) is 0 Å². The highest BCUT2D eigenvalue weighted by atomic mass is 35.5. The molecule has 2 aromatic rings. The molecular weight excluding hydrogens is 284 g/mol. The second kappa shape index (κ2) is 6.04. The van der Waals surface area contributed by atoms with Gasteiger partial charge >= 0.3 is 5.97 Å². The third-order valence-electron chi connectivity index (χ3n) is 2.57. The smallest absolute Gasteiger partial charge is 0.337 e. The predicted molar refractivity (Wildman–Crippen MR) is 77.2 cm³/mol. The van der Waals surface area contributed by atoms with Crippen molar-refractivity contribution in [2.45, 2.75) is 19.9 Å². The Morgan fingerprint density at radius 1 is 1.53 bits per heavy atom. The van der Waals surface area contributed by atoms with Crippen LogP contribution in [-0.2, 0) is 13.0 Å². The summed E-state index contributed by atoms with van der Waals surface area (Å²) < 4.78 is 0. The number of aryl methyl sites for hydroxylation is 1. The topological polar surface area (TPSA) is 62.2 Å². The first-order chi connectivity index (χ1) is 9.10. The van der Waals surface area contributed by atoms with E-state index >= 15 is 0 Å². The molecule has 1 heterocycles. The van der Waals surface area contributed by atoms with Gasteiger partial charge in [0.05, 0.1) is 22.1 Å². The maximum absolute atomic E-state index is 11.0. The van der Waals surface area contributed by atoms with Crippen LogP contribution in [0.1, 0.15) is 27.2 Å². The van der Waals surface area contributed by atoms with Gasteiger partial charge in [0.2, 0.25) is 0 Å². The lowest BCUT2D eigenvalue weighted by Crippen LogP contribution is -2.01. The summed E-state index contributed by atoms with van der Waals surface area (Å²) in [6, 6.07) is 4.88. The van der Waals surface area contributed by atoms with Gasteiger partial charge in [-0.3, -0.25) is 0 Å². The fourth-order valence-electron chi connectivity index (χ4n) is 1.58. The van der Waals surface area contributed by atoms with E-state index in [1.807, 2.05) is 6.20 Å². The van der Waals surface area contributed by atoms with Gasteiger partial charge in [-0.15, -0.1) is 11.3 Å². The molecular formula is C13H13ClN2O2S. The highest BCUT2D eigenvalue weighted by Crippen LogP contribution is 2.22. The van der Waals surface area contributed by atoms with E-state index in [0.717, 1.165) is 22.0 Å². The van der Waals surface area contributed by atoms with E-state index in [-0.39, 0.29) is 10.6 Å². The molecule has 100 valence electrons. The van der Waals surface area contributed by atoms with Crippen LogP contribution in [0.2, 0.25) is 5.02 Å². The summed E-state index contributed by atoms with van der Waals surface area (Å²) >= 11 is 7.46. The van der Waals surface area contributed by atoms with Crippen LogP contribution in [-0.4, -0.2) is 16.1 Å². The Kier molecular flexibility index (Phi) is 4.39. The predicted octanol–water partition coefficient (Wildman–Crippen LogP) is 3.67. The van der Waals surface area contributed by atoms with Gasteiger partial charge in [0, 0.05) is 16.8 Å². The molecule has 2 rings (SSSR count). The fourth-order valence-corrected chi connectivity index (χ4v) is 2.58. The number of aromatic nitrogens is 1. The molecule has 6 heteroatoms. The zero-order valence-corrected chi connectivity index (χ0v) is 11.9. The van der Waals surface area contributed by atoms with Crippen molar-refractivity contribution < 1.29 is 9.90 Å². The first-order valence-electron chi connectivity index (χ1n) is 5.80. The minimum Gasteiger partial charge on any atom is -0.478 e. The van der Waals surface area contributed by atoms with Crippen molar-refractivity contribution in [3.63, 3.8) is 0 Å². The Hall–Kier alpha value is -1.59. The molecule has 0 spiro atoms. The summed E-state index contributed by atoms with van der Waals surface area (Å²) in [6.07, 6.45) is 2.76. The zero-order valence-electron chi connectivity index (χ0n) is 10.3. The number of halogens is 1. The lowest BCUT2D eigenvalue weighted by molar-refractivity contribution is 0.0697. The number of nitrogens with one attached hydrogen (secondary N) is 1. The van der Waals surface area contributed by atoms with E-state index < -0.39 is 5.97 Å². The molecule has 1 aromatic carbocycles. The largest absolute Gasteiger partial charge is 0.478 e. The Balaban J connectivity index is 2.07. The summed E-state index contributed by atoms with van der Waals surface area (Å²) in [4.78, 5) is 16.4. The van der Waals surface area contributed by atoms with Crippen molar-refractivity contribution in [2.24, 2.45) is 0 Å². The summed E-state index contributed by atoms with van der Waals surface area (Å²) in [5.74, 6) is -1.03. The maximum atomic E-state index is 11.0. The lowest BCUT2D eigenvalue weighted by atomic mass is 10.2. The third-order valence-corrected chi connectivity index (χ3v) is 4.04. The van der Waals surface area contributed by atoms with Crippen molar-refractivity contribution >= 4 is 34.6 Å². The molecule has 0 saturated carbocycles. The number of nitrogens with zero attached hydrogens (tertiary/aromatic N) is 1. The van der Waals surface area contributed by atoms with Crippen LogP contribution >= 0.6 is 22.9 Å². The van der Waals surface area contributed by atoms with Crippen LogP contribution in [0.3, 0.4) is 0 Å². The van der Waals surface area contributed by atoms with Crippen LogP contribution in [0.25, 0.3) is 0 Å². The number of carboxylic acids is 1. The molecule has 19 heavy (non-hydrogen) atoms. The number of hydrogen-bond acceptors (Lipinski definition) is 4. The number of rotatable bonds is 5. The summed E-state index contributed by atoms with van der Waals surface area (Å²) in [5, 5.41) is 13.5. The highest BCUT2D eigenvalue weighted by molar-refractivity contribution is 7.11. The van der Waals surface area contributed by atoms with Crippen LogP contribution in [0, 0.1) is 0 Å². The lowest BCUT2D eigenvalue weighted by Gasteiger charge is -2.06. The molecule has 0 saturated heterocycles. The monoisotopic (exact) mass is 296 g/mol. The van der Waals surface area contributed by atoms with Gasteiger partial charge in [0.15, 0.2) is 0 Å². The highest BCUT2D eigenvalue weighted by Gasteiger charge is 2.09. The van der Waals surface area contributed by atoms with Crippen molar-refractivity contribution in [2.75, 3.05) is 5.32 Å². The molecule has 0 aliphatic carbocycles. The molecule has 2 N–H and O–H groups in total. The van der Waals surface area contributed by atoms with Crippen LogP contribution in [0.4, 0.5) is 5.69 Å². The third kappa shape index (κ3) is 3.45. The van der Waals surface area contributed by atoms with Crippen LogP contribution < -0.4 is 5.32 Å². The number of carboxylic acid groups (broad SMARTS) is 1. The average molecular weight is 297 g/mol. The second-order valence-electron chi connectivity index (χ2n) is 3.93. The molecule has 1 aromatic heterocycles. The second-order valence-corrected chi connectivity index (χ2v) is 5.53. The van der Waals surface area contributed by atoms with Gasteiger partial charge in [0.1, 0.15) is 0 Å². The quantitative estimate of drug-likeness (QED) is 0.884. The first-order valence-corrected chi connectivity index (χ1v) is 7.00. The van der Waals surface area contributed by atoms with Gasteiger partial charge in [-0.25, -0.2) is 9.78 Å². The number of benzene rings is 1. The van der Waals surface area contributed by atoms with Gasteiger partial charge in [-0.05, 0) is 24.6 Å². The molecule has 0 atom stereocenters. The van der Waals surface area contributed by atoms with Gasteiger partial charge < -0.3 is 10.4 Å².